The maximum Gasteiger partial charge on any atom is 0.150 e. The van der Waals surface area contributed by atoms with Crippen LogP contribution in [0.15, 0.2) is 0 Å². The van der Waals surface area contributed by atoms with Gasteiger partial charge >= 0.3 is 0 Å². The van der Waals surface area contributed by atoms with Crippen LogP contribution >= 0.6 is 0 Å². The summed E-state index contributed by atoms with van der Waals surface area (Å²) in [5, 5.41) is 0. The summed E-state index contributed by atoms with van der Waals surface area (Å²) in [7, 11) is -2.87. The van der Waals surface area contributed by atoms with E-state index in [2.05, 4.69) is 20.8 Å². The molecule has 3 nitrogen and oxygen atoms in total. The highest BCUT2D eigenvalue weighted by molar-refractivity contribution is 7.91. The van der Waals surface area contributed by atoms with Crippen molar-refractivity contribution in [2.24, 2.45) is 23.0 Å². The van der Waals surface area contributed by atoms with Crippen LogP contribution in [-0.2, 0) is 9.84 Å². The molecule has 0 heterocycles. The van der Waals surface area contributed by atoms with Crippen LogP contribution in [-0.4, -0.2) is 26.0 Å². The summed E-state index contributed by atoms with van der Waals surface area (Å²) in [6.07, 6.45) is 4.90. The molecule has 19 heavy (non-hydrogen) atoms. The molecule has 0 radical (unpaired) electrons. The molecule has 1 aliphatic carbocycles. The first-order valence-electron chi connectivity index (χ1n) is 7.64. The monoisotopic (exact) mass is 289 g/mol. The molecule has 2 N–H and O–H groups in total. The summed E-state index contributed by atoms with van der Waals surface area (Å²) >= 11 is 0. The van der Waals surface area contributed by atoms with Gasteiger partial charge in [-0.3, -0.25) is 0 Å². The molecule has 1 rings (SSSR count). The van der Waals surface area contributed by atoms with Gasteiger partial charge in [0.25, 0.3) is 0 Å². The van der Waals surface area contributed by atoms with Gasteiger partial charge in [0.2, 0.25) is 0 Å². The Bertz CT molecular complexity index is 376. The Labute approximate surface area is 119 Å². The van der Waals surface area contributed by atoms with Crippen LogP contribution in [0.4, 0.5) is 0 Å². The maximum absolute atomic E-state index is 11.9. The van der Waals surface area contributed by atoms with Crippen molar-refractivity contribution in [2.75, 3.05) is 11.5 Å². The average Bonchev–Trinajstić information content (AvgIpc) is 2.26. The second kappa shape index (κ2) is 6.57. The average molecular weight is 289 g/mol. The van der Waals surface area contributed by atoms with E-state index >= 15 is 0 Å². The first-order valence-corrected chi connectivity index (χ1v) is 9.46. The van der Waals surface area contributed by atoms with Gasteiger partial charge in [-0.1, -0.05) is 34.1 Å². The predicted molar refractivity (Wildman–Crippen MR) is 81.8 cm³/mol. The van der Waals surface area contributed by atoms with Crippen molar-refractivity contribution >= 4 is 9.84 Å². The molecule has 1 fully saturated rings. The molecule has 4 heteroatoms. The van der Waals surface area contributed by atoms with Crippen molar-refractivity contribution in [2.45, 2.75) is 65.8 Å². The van der Waals surface area contributed by atoms with Crippen LogP contribution in [0.1, 0.15) is 59.8 Å². The van der Waals surface area contributed by atoms with E-state index in [0.717, 1.165) is 19.3 Å². The second-order valence-electron chi connectivity index (χ2n) is 7.08. The Hall–Kier alpha value is -0.0900. The van der Waals surface area contributed by atoms with Crippen molar-refractivity contribution < 1.29 is 8.42 Å². The molecule has 114 valence electrons. The number of rotatable bonds is 6. The van der Waals surface area contributed by atoms with E-state index in [1.54, 1.807) is 0 Å². The Balaban J connectivity index is 2.60. The zero-order chi connectivity index (χ0) is 14.7. The van der Waals surface area contributed by atoms with Crippen LogP contribution in [0.25, 0.3) is 0 Å². The topological polar surface area (TPSA) is 60.2 Å². The molecule has 0 saturated heterocycles. The fourth-order valence-electron chi connectivity index (χ4n) is 3.41. The van der Waals surface area contributed by atoms with Gasteiger partial charge in [-0.2, -0.15) is 0 Å². The molecule has 0 amide bonds. The van der Waals surface area contributed by atoms with Crippen LogP contribution in [0.5, 0.6) is 0 Å². The highest BCUT2D eigenvalue weighted by Crippen LogP contribution is 2.41. The quantitative estimate of drug-likeness (QED) is 0.817. The van der Waals surface area contributed by atoms with Gasteiger partial charge in [0.1, 0.15) is 9.84 Å². The Morgan fingerprint density at radius 3 is 2.37 bits per heavy atom. The predicted octanol–water partition coefficient (Wildman–Crippen LogP) is 2.99. The zero-order valence-corrected chi connectivity index (χ0v) is 13.8. The van der Waals surface area contributed by atoms with Crippen LogP contribution < -0.4 is 5.73 Å². The lowest BCUT2D eigenvalue weighted by Crippen LogP contribution is -2.44. The van der Waals surface area contributed by atoms with Gasteiger partial charge in [-0.15, -0.1) is 0 Å². The maximum atomic E-state index is 11.9. The molecule has 0 spiro atoms. The molecule has 3 unspecified atom stereocenters. The summed E-state index contributed by atoms with van der Waals surface area (Å²) in [6.45, 7) is 8.56. The van der Waals surface area contributed by atoms with Gasteiger partial charge in [0, 0.05) is 11.8 Å². The van der Waals surface area contributed by atoms with Gasteiger partial charge in [0.05, 0.1) is 5.75 Å². The van der Waals surface area contributed by atoms with Crippen LogP contribution in [0, 0.1) is 17.3 Å². The third kappa shape index (κ3) is 5.07. The second-order valence-corrected chi connectivity index (χ2v) is 9.38. The molecule has 0 aromatic rings. The highest BCUT2D eigenvalue weighted by Gasteiger charge is 2.37. The normalized spacial score (nSPS) is 29.4. The van der Waals surface area contributed by atoms with Crippen LogP contribution in [0.2, 0.25) is 0 Å². The number of hydrogen-bond acceptors (Lipinski definition) is 3. The Kier molecular flexibility index (Phi) is 5.87. The summed E-state index contributed by atoms with van der Waals surface area (Å²) in [4.78, 5) is 0. The van der Waals surface area contributed by atoms with Gasteiger partial charge < -0.3 is 5.73 Å². The lowest BCUT2D eigenvalue weighted by atomic mass is 9.65. The largest absolute Gasteiger partial charge is 0.327 e. The van der Waals surface area contributed by atoms with Crippen molar-refractivity contribution in [3.8, 4) is 0 Å². The standard InChI is InChI=1S/C15H31NO2S/c1-5-9-19(17,18)10-8-15(3,4)13-7-6-12(2)11-14(13)16/h12-14H,5-11,16H2,1-4H3. The zero-order valence-electron chi connectivity index (χ0n) is 13.0. The first kappa shape index (κ1) is 17.0. The molecule has 3 atom stereocenters. The van der Waals surface area contributed by atoms with Crippen LogP contribution in [0.3, 0.4) is 0 Å². The number of sulfone groups is 1. The molecular formula is C15H31NO2S. The molecular weight excluding hydrogens is 258 g/mol. The Morgan fingerprint density at radius 1 is 1.21 bits per heavy atom. The minimum atomic E-state index is -2.87. The molecule has 0 aliphatic heterocycles. The van der Waals surface area contributed by atoms with E-state index in [0.29, 0.717) is 29.8 Å². The molecule has 0 aromatic heterocycles. The first-order chi connectivity index (χ1) is 8.68. The highest BCUT2D eigenvalue weighted by atomic mass is 32.2. The summed E-state index contributed by atoms with van der Waals surface area (Å²) < 4.78 is 23.7. The van der Waals surface area contributed by atoms with Gasteiger partial charge in [-0.25, -0.2) is 8.42 Å². The smallest absolute Gasteiger partial charge is 0.150 e. The molecule has 1 aliphatic rings. The van der Waals surface area contributed by atoms with E-state index in [4.69, 9.17) is 5.73 Å². The summed E-state index contributed by atoms with van der Waals surface area (Å²) in [5.41, 5.74) is 6.33. The summed E-state index contributed by atoms with van der Waals surface area (Å²) in [6, 6.07) is 0.229. The van der Waals surface area contributed by atoms with E-state index in [-0.39, 0.29) is 11.5 Å². The lowest BCUT2D eigenvalue weighted by Gasteiger charge is -2.43. The van der Waals surface area contributed by atoms with Gasteiger partial charge in [0.15, 0.2) is 0 Å². The summed E-state index contributed by atoms with van der Waals surface area (Å²) in [5.74, 6) is 1.80. The van der Waals surface area contributed by atoms with Crippen molar-refractivity contribution in [3.63, 3.8) is 0 Å². The number of hydrogen-bond donors (Lipinski definition) is 1. The van der Waals surface area contributed by atoms with E-state index < -0.39 is 9.84 Å². The van der Waals surface area contributed by atoms with Gasteiger partial charge in [-0.05, 0) is 42.9 Å². The minimum absolute atomic E-state index is 0.0281. The minimum Gasteiger partial charge on any atom is -0.327 e. The van der Waals surface area contributed by atoms with Crippen molar-refractivity contribution in [1.82, 2.24) is 0 Å². The molecule has 0 aromatic carbocycles. The fourth-order valence-corrected chi connectivity index (χ4v) is 5.08. The molecule has 0 bridgehead atoms. The Morgan fingerprint density at radius 2 is 1.84 bits per heavy atom. The van der Waals surface area contributed by atoms with E-state index in [9.17, 15) is 8.42 Å². The number of nitrogens with two attached hydrogens (primary N) is 1. The SMILES string of the molecule is CCCS(=O)(=O)CCC(C)(C)C1CCC(C)CC1N. The fraction of sp³-hybridized carbons (Fsp3) is 1.00. The van der Waals surface area contributed by atoms with Crippen molar-refractivity contribution in [3.05, 3.63) is 0 Å². The van der Waals surface area contributed by atoms with Crippen molar-refractivity contribution in [1.29, 1.82) is 0 Å². The third-order valence-electron chi connectivity index (χ3n) is 4.74. The van der Waals surface area contributed by atoms with E-state index in [1.165, 1.54) is 6.42 Å². The lowest BCUT2D eigenvalue weighted by molar-refractivity contribution is 0.110. The molecule has 1 saturated carbocycles. The third-order valence-corrected chi connectivity index (χ3v) is 6.59. The van der Waals surface area contributed by atoms with E-state index in [1.807, 2.05) is 6.92 Å².